The molecule has 0 aliphatic heterocycles. The molecule has 0 aliphatic rings. The molecule has 0 atom stereocenters. The molecule has 114 valence electrons. The van der Waals surface area contributed by atoms with Crippen molar-refractivity contribution in [1.82, 2.24) is 5.32 Å². The Morgan fingerprint density at radius 2 is 1.41 bits per heavy atom. The van der Waals surface area contributed by atoms with E-state index in [0.717, 1.165) is 23.1 Å². The van der Waals surface area contributed by atoms with Crippen LogP contribution in [0.15, 0.2) is 54.6 Å². The fraction of sp³-hybridized carbons (Fsp3) is 0.167. The Morgan fingerprint density at radius 1 is 0.955 bits per heavy atom. The largest absolute Gasteiger partial charge is 0.356 e. The van der Waals surface area contributed by atoms with Crippen LogP contribution in [0.2, 0.25) is 10.0 Å². The molecule has 0 saturated carbocycles. The summed E-state index contributed by atoms with van der Waals surface area (Å²) in [6.07, 6.45) is 2.86. The van der Waals surface area contributed by atoms with Crippen molar-refractivity contribution in [3.8, 4) is 0 Å². The molecule has 0 bridgehead atoms. The molecule has 0 saturated heterocycles. The number of hydrogen-bond acceptors (Lipinski definition) is 1. The zero-order valence-corrected chi connectivity index (χ0v) is 13.8. The Hall–Kier alpha value is -1.77. The smallest absolute Gasteiger partial charge is 0.216 e. The molecule has 0 spiro atoms. The number of benzene rings is 2. The van der Waals surface area contributed by atoms with Crippen molar-refractivity contribution in [3.63, 3.8) is 0 Å². The van der Waals surface area contributed by atoms with Gasteiger partial charge in [-0.05, 0) is 47.4 Å². The third-order valence-corrected chi connectivity index (χ3v) is 3.68. The lowest BCUT2D eigenvalue weighted by molar-refractivity contribution is -0.118. The molecular weight excluding hydrogens is 317 g/mol. The fourth-order valence-corrected chi connectivity index (χ4v) is 2.38. The lowest BCUT2D eigenvalue weighted by Gasteiger charge is -2.10. The van der Waals surface area contributed by atoms with Gasteiger partial charge in [-0.3, -0.25) is 4.79 Å². The van der Waals surface area contributed by atoms with E-state index >= 15 is 0 Å². The van der Waals surface area contributed by atoms with Gasteiger partial charge in [0.15, 0.2) is 0 Å². The van der Waals surface area contributed by atoms with E-state index in [9.17, 15) is 4.79 Å². The van der Waals surface area contributed by atoms with Gasteiger partial charge in [-0.25, -0.2) is 0 Å². The zero-order chi connectivity index (χ0) is 15.9. The maximum Gasteiger partial charge on any atom is 0.216 e. The Kier molecular flexibility index (Phi) is 6.05. The minimum Gasteiger partial charge on any atom is -0.356 e. The van der Waals surface area contributed by atoms with Crippen LogP contribution in [-0.2, 0) is 4.79 Å². The van der Waals surface area contributed by atoms with Crippen molar-refractivity contribution in [2.45, 2.75) is 13.3 Å². The quantitative estimate of drug-likeness (QED) is 0.770. The SMILES string of the molecule is CC(=O)NCCC=C(c1ccc(Cl)cc1)c1ccc(Cl)cc1. The average molecular weight is 334 g/mol. The number of rotatable bonds is 5. The van der Waals surface area contributed by atoms with Crippen LogP contribution in [0.25, 0.3) is 5.57 Å². The van der Waals surface area contributed by atoms with E-state index in [0.29, 0.717) is 16.6 Å². The minimum atomic E-state index is -0.0204. The minimum absolute atomic E-state index is 0.0204. The van der Waals surface area contributed by atoms with Crippen LogP contribution in [0.3, 0.4) is 0 Å². The van der Waals surface area contributed by atoms with Gasteiger partial charge in [0.05, 0.1) is 0 Å². The van der Waals surface area contributed by atoms with E-state index in [4.69, 9.17) is 23.2 Å². The Labute approximate surface area is 140 Å². The lowest BCUT2D eigenvalue weighted by atomic mass is 9.97. The van der Waals surface area contributed by atoms with Gasteiger partial charge in [-0.15, -0.1) is 0 Å². The molecule has 4 heteroatoms. The summed E-state index contributed by atoms with van der Waals surface area (Å²) in [7, 11) is 0. The van der Waals surface area contributed by atoms with Crippen LogP contribution >= 0.6 is 23.2 Å². The van der Waals surface area contributed by atoms with Crippen LogP contribution in [-0.4, -0.2) is 12.5 Å². The number of carbonyl (C=O) groups is 1. The Balaban J connectivity index is 2.27. The highest BCUT2D eigenvalue weighted by atomic mass is 35.5. The van der Waals surface area contributed by atoms with Gasteiger partial charge in [0.2, 0.25) is 5.91 Å². The van der Waals surface area contributed by atoms with Gasteiger partial charge >= 0.3 is 0 Å². The van der Waals surface area contributed by atoms with Crippen LogP contribution in [0.5, 0.6) is 0 Å². The van der Waals surface area contributed by atoms with Crippen LogP contribution in [0.4, 0.5) is 0 Å². The fourth-order valence-electron chi connectivity index (χ4n) is 2.13. The number of nitrogens with one attached hydrogen (secondary N) is 1. The highest BCUT2D eigenvalue weighted by Crippen LogP contribution is 2.26. The molecule has 2 aromatic carbocycles. The maximum atomic E-state index is 10.9. The van der Waals surface area contributed by atoms with E-state index in [-0.39, 0.29) is 5.91 Å². The second-order valence-corrected chi connectivity index (χ2v) is 5.78. The Morgan fingerprint density at radius 3 is 1.82 bits per heavy atom. The normalized spacial score (nSPS) is 10.1. The molecule has 0 aliphatic carbocycles. The van der Waals surface area contributed by atoms with E-state index in [1.807, 2.05) is 48.5 Å². The van der Waals surface area contributed by atoms with Gasteiger partial charge in [0.25, 0.3) is 0 Å². The van der Waals surface area contributed by atoms with Crippen LogP contribution in [0, 0.1) is 0 Å². The molecule has 1 amide bonds. The van der Waals surface area contributed by atoms with Crippen molar-refractivity contribution < 1.29 is 4.79 Å². The first-order chi connectivity index (χ1) is 10.6. The number of amides is 1. The van der Waals surface area contributed by atoms with Gasteiger partial charge in [0.1, 0.15) is 0 Å². The third-order valence-electron chi connectivity index (χ3n) is 3.18. The second kappa shape index (κ2) is 8.02. The standard InChI is InChI=1S/C18H17Cl2NO/c1-13(22)21-12-2-3-18(14-4-8-16(19)9-5-14)15-6-10-17(20)11-7-15/h3-11H,2,12H2,1H3,(H,21,22). The molecule has 0 heterocycles. The summed E-state index contributed by atoms with van der Waals surface area (Å²) in [5.41, 5.74) is 3.25. The maximum absolute atomic E-state index is 10.9. The number of carbonyl (C=O) groups excluding carboxylic acids is 1. The molecule has 22 heavy (non-hydrogen) atoms. The van der Waals surface area contributed by atoms with Crippen molar-refractivity contribution in [2.24, 2.45) is 0 Å². The van der Waals surface area contributed by atoms with Crippen molar-refractivity contribution in [3.05, 3.63) is 75.8 Å². The molecular formula is C18H17Cl2NO. The topological polar surface area (TPSA) is 29.1 Å². The summed E-state index contributed by atoms with van der Waals surface area (Å²) >= 11 is 11.9. The summed E-state index contributed by atoms with van der Waals surface area (Å²) < 4.78 is 0. The molecule has 0 aromatic heterocycles. The molecule has 0 fully saturated rings. The van der Waals surface area contributed by atoms with Gasteiger partial charge in [0, 0.05) is 23.5 Å². The van der Waals surface area contributed by atoms with E-state index in [2.05, 4.69) is 11.4 Å². The Bertz CT molecular complexity index is 613. The summed E-state index contributed by atoms with van der Waals surface area (Å²) in [6.45, 7) is 2.13. The average Bonchev–Trinajstić information content (AvgIpc) is 2.50. The second-order valence-electron chi connectivity index (χ2n) is 4.90. The predicted octanol–water partition coefficient (Wildman–Crippen LogP) is 4.95. The van der Waals surface area contributed by atoms with E-state index in [1.165, 1.54) is 6.92 Å². The first kappa shape index (κ1) is 16.6. The third kappa shape index (κ3) is 4.90. The lowest BCUT2D eigenvalue weighted by Crippen LogP contribution is -2.20. The summed E-state index contributed by atoms with van der Waals surface area (Å²) in [5.74, 6) is -0.0204. The molecule has 2 rings (SSSR count). The number of halogens is 2. The highest BCUT2D eigenvalue weighted by molar-refractivity contribution is 6.31. The summed E-state index contributed by atoms with van der Waals surface area (Å²) in [5, 5.41) is 4.21. The monoisotopic (exact) mass is 333 g/mol. The molecule has 0 unspecified atom stereocenters. The first-order valence-corrected chi connectivity index (χ1v) is 7.78. The highest BCUT2D eigenvalue weighted by Gasteiger charge is 2.05. The first-order valence-electron chi connectivity index (χ1n) is 7.03. The summed E-state index contributed by atoms with van der Waals surface area (Å²) in [6, 6.07) is 15.4. The van der Waals surface area contributed by atoms with Crippen LogP contribution in [0.1, 0.15) is 24.5 Å². The van der Waals surface area contributed by atoms with Crippen molar-refractivity contribution in [1.29, 1.82) is 0 Å². The van der Waals surface area contributed by atoms with E-state index < -0.39 is 0 Å². The van der Waals surface area contributed by atoms with Gasteiger partial charge in [-0.2, -0.15) is 0 Å². The molecule has 2 nitrogen and oxygen atoms in total. The van der Waals surface area contributed by atoms with Gasteiger partial charge in [-0.1, -0.05) is 53.5 Å². The predicted molar refractivity (Wildman–Crippen MR) is 93.3 cm³/mol. The van der Waals surface area contributed by atoms with E-state index in [1.54, 1.807) is 0 Å². The van der Waals surface area contributed by atoms with Crippen molar-refractivity contribution in [2.75, 3.05) is 6.54 Å². The summed E-state index contributed by atoms with van der Waals surface area (Å²) in [4.78, 5) is 10.9. The van der Waals surface area contributed by atoms with Crippen molar-refractivity contribution >= 4 is 34.7 Å². The molecule has 0 radical (unpaired) electrons. The zero-order valence-electron chi connectivity index (χ0n) is 12.3. The number of hydrogen-bond donors (Lipinski definition) is 1. The molecule has 1 N–H and O–H groups in total. The van der Waals surface area contributed by atoms with Crippen LogP contribution < -0.4 is 5.32 Å². The van der Waals surface area contributed by atoms with Gasteiger partial charge < -0.3 is 5.32 Å². The molecule has 2 aromatic rings.